The Labute approximate surface area is 141 Å². The molecule has 6 nitrogen and oxygen atoms in total. The van der Waals surface area contributed by atoms with Gasteiger partial charge in [-0.1, -0.05) is 42.5 Å². The van der Waals surface area contributed by atoms with Crippen LogP contribution in [0.4, 0.5) is 0 Å². The van der Waals surface area contributed by atoms with Crippen LogP contribution in [0, 0.1) is 0 Å². The number of benzene rings is 2. The molecule has 0 saturated heterocycles. The fourth-order valence-electron chi connectivity index (χ4n) is 2.23. The zero-order chi connectivity index (χ0) is 17.7. The van der Waals surface area contributed by atoms with E-state index < -0.39 is 23.1 Å². The second-order valence-corrected chi connectivity index (χ2v) is 7.13. The minimum atomic E-state index is -4.00. The molecule has 0 heterocycles. The molecule has 8 heteroatoms. The van der Waals surface area contributed by atoms with Gasteiger partial charge in [-0.2, -0.15) is 0 Å². The first-order chi connectivity index (χ1) is 11.3. The molecule has 126 valence electrons. The summed E-state index contributed by atoms with van der Waals surface area (Å²) in [6.07, 6.45) is 0.115. The normalized spacial score (nSPS) is 12.6. The van der Waals surface area contributed by atoms with Gasteiger partial charge in [0.1, 0.15) is 0 Å². The van der Waals surface area contributed by atoms with E-state index in [1.165, 1.54) is 31.2 Å². The monoisotopic (exact) mass is 347 g/mol. The molecule has 0 radical (unpaired) electrons. The van der Waals surface area contributed by atoms with E-state index in [0.717, 1.165) is 5.56 Å². The summed E-state index contributed by atoms with van der Waals surface area (Å²) < 4.78 is 27.2. The summed E-state index contributed by atoms with van der Waals surface area (Å²) in [4.78, 5) is 11.3. The zero-order valence-electron chi connectivity index (χ0n) is 13.1. The highest BCUT2D eigenvalue weighted by atomic mass is 32.2. The average Bonchev–Trinajstić information content (AvgIpc) is 2.55. The summed E-state index contributed by atoms with van der Waals surface area (Å²) in [6, 6.07) is 14.5. The number of ketones is 1. The average molecular weight is 347 g/mol. The van der Waals surface area contributed by atoms with Crippen LogP contribution in [0.3, 0.4) is 0 Å². The Balaban J connectivity index is 2.24. The molecule has 0 saturated carbocycles. The number of nitrogens with one attached hydrogen (secondary N) is 1. The molecule has 0 amide bonds. The smallest absolute Gasteiger partial charge is 0.426 e. The Morgan fingerprint density at radius 2 is 1.79 bits per heavy atom. The summed E-state index contributed by atoms with van der Waals surface area (Å²) in [7, 11) is -5.87. The lowest BCUT2D eigenvalue weighted by Crippen LogP contribution is -2.47. The fourth-order valence-corrected chi connectivity index (χ4v) is 3.51. The molecule has 0 unspecified atom stereocenters. The van der Waals surface area contributed by atoms with E-state index in [2.05, 4.69) is 4.72 Å². The molecule has 0 aliphatic rings. The lowest BCUT2D eigenvalue weighted by molar-refractivity contribution is 0.101. The first kappa shape index (κ1) is 18.3. The van der Waals surface area contributed by atoms with Crippen LogP contribution in [-0.4, -0.2) is 37.3 Å². The molecule has 2 aromatic rings. The van der Waals surface area contributed by atoms with Crippen LogP contribution in [-0.2, 0) is 16.4 Å². The maximum atomic E-state index is 12.5. The largest absolute Gasteiger partial charge is 0.471 e. The van der Waals surface area contributed by atoms with Crippen LogP contribution < -0.4 is 4.72 Å². The second kappa shape index (κ2) is 7.72. The topological polar surface area (TPSA) is 104 Å². The van der Waals surface area contributed by atoms with Gasteiger partial charge in [-0.3, -0.25) is 4.79 Å². The number of carbonyl (C=O) groups is 1. The fraction of sp³-hybridized carbons (Fsp3) is 0.188. The molecule has 2 rings (SSSR count). The molecule has 1 atom stereocenters. The third kappa shape index (κ3) is 4.75. The standard InChI is InChI=1S/C16H18BNO5S/c1-12(19)14-8-5-9-15(11-14)24(22,23)18-16(17(20)21)10-13-6-3-2-4-7-13/h2-9,11,16,18,20-21H,10H2,1H3/t16-/m0/s1. The van der Waals surface area contributed by atoms with Gasteiger partial charge in [-0.15, -0.1) is 0 Å². The Bertz CT molecular complexity index is 808. The molecular formula is C16H18BNO5S. The third-order valence-electron chi connectivity index (χ3n) is 3.52. The summed E-state index contributed by atoms with van der Waals surface area (Å²) in [5.74, 6) is -1.37. The number of hydrogen-bond acceptors (Lipinski definition) is 5. The third-order valence-corrected chi connectivity index (χ3v) is 5.00. The first-order valence-corrected chi connectivity index (χ1v) is 8.81. The number of Topliss-reactive ketones (excluding diaryl/α,β-unsaturated/α-hetero) is 1. The van der Waals surface area contributed by atoms with Gasteiger partial charge >= 0.3 is 7.12 Å². The van der Waals surface area contributed by atoms with Crippen molar-refractivity contribution in [3.63, 3.8) is 0 Å². The number of sulfonamides is 1. The molecule has 0 bridgehead atoms. The predicted molar refractivity (Wildman–Crippen MR) is 90.9 cm³/mol. The van der Waals surface area contributed by atoms with Crippen LogP contribution in [0.2, 0.25) is 0 Å². The summed E-state index contributed by atoms with van der Waals surface area (Å²) >= 11 is 0. The lowest BCUT2D eigenvalue weighted by Gasteiger charge is -2.18. The quantitative estimate of drug-likeness (QED) is 0.508. The van der Waals surface area contributed by atoms with Gasteiger partial charge in [0.05, 0.1) is 10.8 Å². The lowest BCUT2D eigenvalue weighted by atomic mass is 9.77. The molecule has 2 aromatic carbocycles. The van der Waals surface area contributed by atoms with Gasteiger partial charge < -0.3 is 10.0 Å². The number of rotatable bonds is 7. The minimum absolute atomic E-state index is 0.103. The minimum Gasteiger partial charge on any atom is -0.426 e. The van der Waals surface area contributed by atoms with Gasteiger partial charge in [0.25, 0.3) is 0 Å². The molecule has 24 heavy (non-hydrogen) atoms. The van der Waals surface area contributed by atoms with Crippen molar-refractivity contribution in [3.8, 4) is 0 Å². The van der Waals surface area contributed by atoms with Crippen LogP contribution in [0.1, 0.15) is 22.8 Å². The Morgan fingerprint density at radius 1 is 1.12 bits per heavy atom. The van der Waals surface area contributed by atoms with Crippen molar-refractivity contribution >= 4 is 22.9 Å². The molecule has 0 aliphatic carbocycles. The van der Waals surface area contributed by atoms with Crippen molar-refractivity contribution in [3.05, 3.63) is 65.7 Å². The highest BCUT2D eigenvalue weighted by Crippen LogP contribution is 2.14. The molecule has 3 N–H and O–H groups in total. The van der Waals surface area contributed by atoms with Crippen molar-refractivity contribution in [1.29, 1.82) is 0 Å². The van der Waals surface area contributed by atoms with Crippen molar-refractivity contribution in [2.75, 3.05) is 0 Å². The Morgan fingerprint density at radius 3 is 2.38 bits per heavy atom. The highest BCUT2D eigenvalue weighted by Gasteiger charge is 2.29. The second-order valence-electron chi connectivity index (χ2n) is 5.42. The summed E-state index contributed by atoms with van der Waals surface area (Å²) in [5.41, 5.74) is 1.03. The Kier molecular flexibility index (Phi) is 5.90. The molecular weight excluding hydrogens is 329 g/mol. The van der Waals surface area contributed by atoms with E-state index >= 15 is 0 Å². The van der Waals surface area contributed by atoms with E-state index in [0.29, 0.717) is 0 Å². The SMILES string of the molecule is CC(=O)c1cccc(S(=O)(=O)N[C@@H](Cc2ccccc2)B(O)O)c1. The van der Waals surface area contributed by atoms with Crippen molar-refractivity contribution < 1.29 is 23.3 Å². The van der Waals surface area contributed by atoms with Crippen LogP contribution in [0.25, 0.3) is 0 Å². The van der Waals surface area contributed by atoms with Gasteiger partial charge in [0.15, 0.2) is 5.78 Å². The van der Waals surface area contributed by atoms with Crippen LogP contribution in [0.15, 0.2) is 59.5 Å². The maximum absolute atomic E-state index is 12.5. The van der Waals surface area contributed by atoms with Gasteiger partial charge in [-0.05, 0) is 31.0 Å². The molecule has 0 aliphatic heterocycles. The van der Waals surface area contributed by atoms with Crippen molar-refractivity contribution in [2.45, 2.75) is 24.2 Å². The van der Waals surface area contributed by atoms with E-state index in [1.54, 1.807) is 24.3 Å². The number of hydrogen-bond donors (Lipinski definition) is 3. The summed E-state index contributed by atoms with van der Waals surface area (Å²) in [6.45, 7) is 1.34. The van der Waals surface area contributed by atoms with E-state index in [1.807, 2.05) is 6.07 Å². The maximum Gasteiger partial charge on any atom is 0.471 e. The predicted octanol–water partition coefficient (Wildman–Crippen LogP) is 0.791. The van der Waals surface area contributed by atoms with E-state index in [9.17, 15) is 23.3 Å². The van der Waals surface area contributed by atoms with E-state index in [4.69, 9.17) is 0 Å². The van der Waals surface area contributed by atoms with Crippen molar-refractivity contribution in [2.24, 2.45) is 0 Å². The zero-order valence-corrected chi connectivity index (χ0v) is 13.9. The van der Waals surface area contributed by atoms with Gasteiger partial charge in [0.2, 0.25) is 10.0 Å². The molecule has 0 fully saturated rings. The highest BCUT2D eigenvalue weighted by molar-refractivity contribution is 7.89. The van der Waals surface area contributed by atoms with Gasteiger partial charge in [-0.25, -0.2) is 13.1 Å². The molecule has 0 spiro atoms. The van der Waals surface area contributed by atoms with Crippen LogP contribution >= 0.6 is 0 Å². The van der Waals surface area contributed by atoms with Crippen molar-refractivity contribution in [1.82, 2.24) is 4.72 Å². The Hall–Kier alpha value is -2.00. The summed E-state index contributed by atoms with van der Waals surface area (Å²) in [5, 5.41) is 19.0. The van der Waals surface area contributed by atoms with E-state index in [-0.39, 0.29) is 22.7 Å². The van der Waals surface area contributed by atoms with Crippen LogP contribution in [0.5, 0.6) is 0 Å². The number of carbonyl (C=O) groups excluding carboxylic acids is 1. The van der Waals surface area contributed by atoms with Gasteiger partial charge in [0, 0.05) is 5.56 Å². The molecule has 0 aromatic heterocycles. The first-order valence-electron chi connectivity index (χ1n) is 7.33.